The van der Waals surface area contributed by atoms with Crippen LogP contribution in [0.2, 0.25) is 0 Å². The molecule has 1 amide bonds. The number of carbonyl (C=O) groups is 1. The topological polar surface area (TPSA) is 43.6 Å². The van der Waals surface area contributed by atoms with E-state index in [1.54, 1.807) is 6.07 Å². The number of carbonyl (C=O) groups excluding carboxylic acids is 1. The molecule has 1 heterocycles. The Balaban J connectivity index is 2.12. The van der Waals surface area contributed by atoms with Crippen molar-refractivity contribution in [3.05, 3.63) is 62.4 Å². The second-order valence-corrected chi connectivity index (χ2v) is 7.90. The van der Waals surface area contributed by atoms with Gasteiger partial charge in [0.25, 0.3) is 5.91 Å². The highest BCUT2D eigenvalue weighted by molar-refractivity contribution is 9.10. The monoisotopic (exact) mass is 432 g/mol. The molecule has 3 rings (SSSR count). The van der Waals surface area contributed by atoms with Crippen molar-refractivity contribution in [2.45, 2.75) is 27.3 Å². The van der Waals surface area contributed by atoms with Crippen LogP contribution in [0.1, 0.15) is 28.4 Å². The molecule has 0 unspecified atom stereocenters. The Hall–Kier alpha value is -1.76. The van der Waals surface area contributed by atoms with Gasteiger partial charge in [0.05, 0.1) is 22.4 Å². The molecule has 0 saturated heterocycles. The molecule has 0 aliphatic rings. The third-order valence-electron chi connectivity index (χ3n) is 4.26. The summed E-state index contributed by atoms with van der Waals surface area (Å²) in [4.78, 5) is 17.8. The SMILES string of the molecule is CCOCCn1c(=NC(=O)c2ccccc2Br)sc2cc(C)c(C)cc21. The molecule has 136 valence electrons. The first-order chi connectivity index (χ1) is 12.5. The average molecular weight is 433 g/mol. The Bertz CT molecular complexity index is 1020. The van der Waals surface area contributed by atoms with Gasteiger partial charge in [-0.05, 0) is 72.1 Å². The van der Waals surface area contributed by atoms with E-state index >= 15 is 0 Å². The minimum absolute atomic E-state index is 0.248. The maximum atomic E-state index is 12.7. The summed E-state index contributed by atoms with van der Waals surface area (Å²) in [6, 6.07) is 11.7. The van der Waals surface area contributed by atoms with E-state index in [2.05, 4.69) is 51.5 Å². The van der Waals surface area contributed by atoms with E-state index in [0.717, 1.165) is 14.7 Å². The lowest BCUT2D eigenvalue weighted by Gasteiger charge is -2.07. The largest absolute Gasteiger partial charge is 0.380 e. The van der Waals surface area contributed by atoms with Gasteiger partial charge in [-0.3, -0.25) is 4.79 Å². The van der Waals surface area contributed by atoms with Gasteiger partial charge in [-0.15, -0.1) is 0 Å². The standard InChI is InChI=1S/C20H21BrN2O2S/c1-4-25-10-9-23-17-11-13(2)14(3)12-18(17)26-20(23)22-19(24)15-7-5-6-8-16(15)21/h5-8,11-12H,4,9-10H2,1-3H3. The summed E-state index contributed by atoms with van der Waals surface area (Å²) in [5.74, 6) is -0.248. The van der Waals surface area contributed by atoms with Crippen molar-refractivity contribution >= 4 is 43.4 Å². The molecular weight excluding hydrogens is 412 g/mol. The summed E-state index contributed by atoms with van der Waals surface area (Å²) in [5.41, 5.74) is 4.12. The van der Waals surface area contributed by atoms with E-state index in [9.17, 15) is 4.79 Å². The number of aromatic nitrogens is 1. The molecule has 0 fully saturated rings. The summed E-state index contributed by atoms with van der Waals surface area (Å²) in [6.07, 6.45) is 0. The third-order valence-corrected chi connectivity index (χ3v) is 6.00. The molecule has 3 aromatic rings. The van der Waals surface area contributed by atoms with E-state index in [0.29, 0.717) is 30.1 Å². The number of fused-ring (bicyclic) bond motifs is 1. The van der Waals surface area contributed by atoms with Crippen LogP contribution in [0.3, 0.4) is 0 Å². The third kappa shape index (κ3) is 3.98. The zero-order chi connectivity index (χ0) is 18.7. The summed E-state index contributed by atoms with van der Waals surface area (Å²) in [7, 11) is 0. The second kappa shape index (κ2) is 8.29. The number of nitrogens with zero attached hydrogens (tertiary/aromatic N) is 2. The predicted molar refractivity (Wildman–Crippen MR) is 110 cm³/mol. The Morgan fingerprint density at radius 3 is 2.69 bits per heavy atom. The quantitative estimate of drug-likeness (QED) is 0.540. The molecule has 0 N–H and O–H groups in total. The maximum absolute atomic E-state index is 12.7. The van der Waals surface area contributed by atoms with Crippen LogP contribution < -0.4 is 4.80 Å². The van der Waals surface area contributed by atoms with Gasteiger partial charge >= 0.3 is 0 Å². The van der Waals surface area contributed by atoms with Crippen LogP contribution in [-0.4, -0.2) is 23.7 Å². The minimum atomic E-state index is -0.248. The van der Waals surface area contributed by atoms with Crippen molar-refractivity contribution in [2.75, 3.05) is 13.2 Å². The highest BCUT2D eigenvalue weighted by Crippen LogP contribution is 2.22. The first-order valence-corrected chi connectivity index (χ1v) is 10.1. The zero-order valence-corrected chi connectivity index (χ0v) is 17.5. The van der Waals surface area contributed by atoms with Crippen LogP contribution in [0.5, 0.6) is 0 Å². The molecule has 26 heavy (non-hydrogen) atoms. The van der Waals surface area contributed by atoms with Gasteiger partial charge in [0.2, 0.25) is 0 Å². The van der Waals surface area contributed by atoms with Crippen LogP contribution >= 0.6 is 27.3 Å². The number of ether oxygens (including phenoxy) is 1. The van der Waals surface area contributed by atoms with Crippen molar-refractivity contribution in [3.8, 4) is 0 Å². The molecule has 2 aromatic carbocycles. The summed E-state index contributed by atoms with van der Waals surface area (Å²) in [6.45, 7) is 8.10. The van der Waals surface area contributed by atoms with Gasteiger partial charge in [0, 0.05) is 17.6 Å². The lowest BCUT2D eigenvalue weighted by molar-refractivity contribution is 0.0996. The van der Waals surface area contributed by atoms with Crippen LogP contribution in [0.4, 0.5) is 0 Å². The molecule has 0 saturated carbocycles. The fraction of sp³-hybridized carbons (Fsp3) is 0.300. The molecule has 1 aromatic heterocycles. The number of thiazole rings is 1. The normalized spacial score (nSPS) is 12.1. The van der Waals surface area contributed by atoms with Crippen molar-refractivity contribution in [1.29, 1.82) is 0 Å². The molecular formula is C20H21BrN2O2S. The zero-order valence-electron chi connectivity index (χ0n) is 15.1. The fourth-order valence-corrected chi connectivity index (χ4v) is 4.29. The first kappa shape index (κ1) is 19.0. The molecule has 6 heteroatoms. The van der Waals surface area contributed by atoms with E-state index in [1.807, 2.05) is 25.1 Å². The number of rotatable bonds is 5. The minimum Gasteiger partial charge on any atom is -0.380 e. The first-order valence-electron chi connectivity index (χ1n) is 8.53. The van der Waals surface area contributed by atoms with Gasteiger partial charge in [-0.25, -0.2) is 0 Å². The van der Waals surface area contributed by atoms with Gasteiger partial charge in [-0.1, -0.05) is 23.5 Å². The van der Waals surface area contributed by atoms with E-state index in [1.165, 1.54) is 22.5 Å². The number of aryl methyl sites for hydroxylation is 2. The Morgan fingerprint density at radius 1 is 1.23 bits per heavy atom. The number of hydrogen-bond acceptors (Lipinski definition) is 3. The molecule has 0 bridgehead atoms. The Kier molecular flexibility index (Phi) is 6.06. The molecule has 0 radical (unpaired) electrons. The lowest BCUT2D eigenvalue weighted by Crippen LogP contribution is -2.20. The Morgan fingerprint density at radius 2 is 1.96 bits per heavy atom. The number of amides is 1. The van der Waals surface area contributed by atoms with Crippen LogP contribution in [0.15, 0.2) is 45.9 Å². The van der Waals surface area contributed by atoms with Crippen molar-refractivity contribution in [3.63, 3.8) is 0 Å². The number of hydrogen-bond donors (Lipinski definition) is 0. The average Bonchev–Trinajstić information content (AvgIpc) is 2.92. The Labute approximate surface area is 165 Å². The highest BCUT2D eigenvalue weighted by Gasteiger charge is 2.12. The number of benzene rings is 2. The van der Waals surface area contributed by atoms with E-state index in [-0.39, 0.29) is 5.91 Å². The van der Waals surface area contributed by atoms with Crippen LogP contribution in [0, 0.1) is 13.8 Å². The lowest BCUT2D eigenvalue weighted by atomic mass is 10.1. The fourth-order valence-electron chi connectivity index (χ4n) is 2.70. The molecule has 0 spiro atoms. The molecule has 0 aliphatic carbocycles. The molecule has 4 nitrogen and oxygen atoms in total. The summed E-state index contributed by atoms with van der Waals surface area (Å²) in [5, 5.41) is 0. The van der Waals surface area contributed by atoms with Gasteiger partial charge in [0.1, 0.15) is 0 Å². The highest BCUT2D eigenvalue weighted by atomic mass is 79.9. The van der Waals surface area contributed by atoms with Crippen molar-refractivity contribution in [2.24, 2.45) is 4.99 Å². The summed E-state index contributed by atoms with van der Waals surface area (Å²) >= 11 is 4.97. The van der Waals surface area contributed by atoms with Crippen LogP contribution in [0.25, 0.3) is 10.2 Å². The van der Waals surface area contributed by atoms with E-state index in [4.69, 9.17) is 4.74 Å². The second-order valence-electron chi connectivity index (χ2n) is 6.03. The smallest absolute Gasteiger partial charge is 0.280 e. The van der Waals surface area contributed by atoms with Gasteiger partial charge < -0.3 is 9.30 Å². The van der Waals surface area contributed by atoms with Gasteiger partial charge in [0.15, 0.2) is 4.80 Å². The van der Waals surface area contributed by atoms with Crippen LogP contribution in [-0.2, 0) is 11.3 Å². The predicted octanol–water partition coefficient (Wildman–Crippen LogP) is 4.86. The van der Waals surface area contributed by atoms with Crippen molar-refractivity contribution in [1.82, 2.24) is 4.57 Å². The number of halogens is 1. The maximum Gasteiger partial charge on any atom is 0.280 e. The summed E-state index contributed by atoms with van der Waals surface area (Å²) < 4.78 is 9.48. The van der Waals surface area contributed by atoms with Crippen molar-refractivity contribution < 1.29 is 9.53 Å². The molecule has 0 aliphatic heterocycles. The molecule has 0 atom stereocenters. The van der Waals surface area contributed by atoms with E-state index < -0.39 is 0 Å². The van der Waals surface area contributed by atoms with Gasteiger partial charge in [-0.2, -0.15) is 4.99 Å².